The third-order valence-electron chi connectivity index (χ3n) is 1.96. The average Bonchev–Trinajstić information content (AvgIpc) is 1.98. The molecule has 74 valence electrons. The predicted molar refractivity (Wildman–Crippen MR) is 47.2 cm³/mol. The Labute approximate surface area is 77.0 Å². The zero-order valence-corrected chi connectivity index (χ0v) is 8.81. The molecule has 0 aromatic heterocycles. The van der Waals surface area contributed by atoms with Crippen molar-refractivity contribution in [2.45, 2.75) is 32.0 Å². The van der Waals surface area contributed by atoms with Crippen LogP contribution in [0.5, 0.6) is 0 Å². The van der Waals surface area contributed by atoms with E-state index >= 15 is 0 Å². The van der Waals surface area contributed by atoms with Gasteiger partial charge in [-0.15, -0.1) is 0 Å². The molecule has 0 unspecified atom stereocenters. The molecule has 0 aliphatic carbocycles. The van der Waals surface area contributed by atoms with E-state index in [2.05, 4.69) is 0 Å². The lowest BCUT2D eigenvalue weighted by Gasteiger charge is -2.31. The van der Waals surface area contributed by atoms with Crippen molar-refractivity contribution >= 4 is 19.2 Å². The lowest BCUT2D eigenvalue weighted by Crippen LogP contribution is -2.30. The molecule has 0 spiro atoms. The summed E-state index contributed by atoms with van der Waals surface area (Å²) in [5.41, 5.74) is 0. The van der Waals surface area contributed by atoms with E-state index in [0.29, 0.717) is 0 Å². The fourth-order valence-electron chi connectivity index (χ4n) is 1.05. The molecule has 0 bridgehead atoms. The molecule has 6 heteroatoms. The van der Waals surface area contributed by atoms with Crippen LogP contribution in [0.1, 0.15) is 26.7 Å². The SMILES string of the molecule is CCC(CC)(OCCl)P(=O)(O)O. The predicted octanol–water partition coefficient (Wildman–Crippen LogP) is 1.89. The minimum atomic E-state index is -4.23. The Morgan fingerprint density at radius 1 is 1.42 bits per heavy atom. The van der Waals surface area contributed by atoms with Crippen LogP contribution in [0.3, 0.4) is 0 Å². The van der Waals surface area contributed by atoms with Crippen molar-refractivity contribution in [1.82, 2.24) is 0 Å². The van der Waals surface area contributed by atoms with E-state index in [4.69, 9.17) is 26.1 Å². The summed E-state index contributed by atoms with van der Waals surface area (Å²) in [6, 6.07) is -0.202. The van der Waals surface area contributed by atoms with Crippen molar-refractivity contribution in [2.24, 2.45) is 0 Å². The maximum atomic E-state index is 11.0. The molecule has 0 atom stereocenters. The zero-order chi connectivity index (χ0) is 9.83. The Kier molecular flexibility index (Phi) is 4.74. The van der Waals surface area contributed by atoms with E-state index in [9.17, 15) is 4.57 Å². The number of ether oxygens (including phenoxy) is 1. The van der Waals surface area contributed by atoms with Crippen molar-refractivity contribution in [3.8, 4) is 0 Å². The highest BCUT2D eigenvalue weighted by molar-refractivity contribution is 7.53. The molecule has 12 heavy (non-hydrogen) atoms. The highest BCUT2D eigenvalue weighted by atomic mass is 35.5. The molecule has 0 fully saturated rings. The summed E-state index contributed by atoms with van der Waals surface area (Å²) in [5.74, 6) is 0. The molecule has 0 aromatic carbocycles. The van der Waals surface area contributed by atoms with Gasteiger partial charge in [0.1, 0.15) is 6.07 Å². The molecule has 0 rings (SSSR count). The standard InChI is InChI=1S/C6H14ClO4P/c1-3-6(4-2,11-5-7)12(8,9)10/h3-5H2,1-2H3,(H2,8,9,10). The van der Waals surface area contributed by atoms with Crippen LogP contribution in [0.4, 0.5) is 0 Å². The molecule has 0 saturated carbocycles. The molecule has 0 amide bonds. The summed E-state index contributed by atoms with van der Waals surface area (Å²) in [4.78, 5) is 18.0. The molecular formula is C6H14ClO4P. The van der Waals surface area contributed by atoms with Crippen LogP contribution in [0.25, 0.3) is 0 Å². The topological polar surface area (TPSA) is 66.8 Å². The quantitative estimate of drug-likeness (QED) is 0.544. The Morgan fingerprint density at radius 2 is 1.83 bits per heavy atom. The van der Waals surface area contributed by atoms with Crippen LogP contribution in [0.15, 0.2) is 0 Å². The van der Waals surface area contributed by atoms with Gasteiger partial charge in [-0.2, -0.15) is 0 Å². The Morgan fingerprint density at radius 3 is 1.92 bits per heavy atom. The van der Waals surface area contributed by atoms with Crippen molar-refractivity contribution in [2.75, 3.05) is 6.07 Å². The smallest absolute Gasteiger partial charge is 0.347 e. The van der Waals surface area contributed by atoms with Crippen LogP contribution in [-0.4, -0.2) is 21.2 Å². The largest absolute Gasteiger partial charge is 0.357 e. The van der Waals surface area contributed by atoms with E-state index in [1.54, 1.807) is 13.8 Å². The summed E-state index contributed by atoms with van der Waals surface area (Å²) in [6.07, 6.45) is 0.501. The van der Waals surface area contributed by atoms with Gasteiger partial charge in [-0.1, -0.05) is 25.4 Å². The van der Waals surface area contributed by atoms with Gasteiger partial charge in [-0.05, 0) is 12.8 Å². The Hall–Kier alpha value is 0.400. The van der Waals surface area contributed by atoms with Crippen LogP contribution < -0.4 is 0 Å². The van der Waals surface area contributed by atoms with Crippen LogP contribution >= 0.6 is 19.2 Å². The minimum Gasteiger partial charge on any atom is -0.347 e. The van der Waals surface area contributed by atoms with Gasteiger partial charge in [-0.25, -0.2) is 0 Å². The van der Waals surface area contributed by atoms with Gasteiger partial charge in [0.2, 0.25) is 0 Å². The lowest BCUT2D eigenvalue weighted by molar-refractivity contribution is 0.0195. The molecule has 0 saturated heterocycles. The zero-order valence-electron chi connectivity index (χ0n) is 7.16. The molecule has 0 aliphatic rings. The summed E-state index contributed by atoms with van der Waals surface area (Å²) >= 11 is 5.28. The first-order valence-electron chi connectivity index (χ1n) is 3.69. The monoisotopic (exact) mass is 216 g/mol. The highest BCUT2D eigenvalue weighted by Crippen LogP contribution is 2.55. The van der Waals surface area contributed by atoms with Gasteiger partial charge in [0.15, 0.2) is 5.34 Å². The maximum Gasteiger partial charge on any atom is 0.357 e. The van der Waals surface area contributed by atoms with Crippen molar-refractivity contribution < 1.29 is 19.1 Å². The third kappa shape index (κ3) is 2.44. The van der Waals surface area contributed by atoms with Gasteiger partial charge >= 0.3 is 7.60 Å². The summed E-state index contributed by atoms with van der Waals surface area (Å²) in [5, 5.41) is -1.39. The summed E-state index contributed by atoms with van der Waals surface area (Å²) in [7, 11) is -4.23. The van der Waals surface area contributed by atoms with Gasteiger partial charge < -0.3 is 14.5 Å². The van der Waals surface area contributed by atoms with E-state index in [1.807, 2.05) is 0 Å². The maximum absolute atomic E-state index is 11.0. The number of alkyl halides is 1. The normalized spacial score (nSPS) is 13.4. The third-order valence-corrected chi connectivity index (χ3v) is 3.89. The fourth-order valence-corrected chi connectivity index (χ4v) is 2.39. The second-order valence-electron chi connectivity index (χ2n) is 2.45. The minimum absolute atomic E-state index is 0.202. The first-order chi connectivity index (χ1) is 5.43. The van der Waals surface area contributed by atoms with Crippen molar-refractivity contribution in [1.29, 1.82) is 0 Å². The fraction of sp³-hybridized carbons (Fsp3) is 1.00. The van der Waals surface area contributed by atoms with Gasteiger partial charge in [0, 0.05) is 0 Å². The van der Waals surface area contributed by atoms with Crippen LogP contribution in [-0.2, 0) is 9.30 Å². The molecule has 0 radical (unpaired) electrons. The molecule has 4 nitrogen and oxygen atoms in total. The second kappa shape index (κ2) is 4.58. The Balaban J connectivity index is 4.70. The van der Waals surface area contributed by atoms with Gasteiger partial charge in [0.05, 0.1) is 0 Å². The van der Waals surface area contributed by atoms with Gasteiger partial charge in [0.25, 0.3) is 0 Å². The average molecular weight is 217 g/mol. The van der Waals surface area contributed by atoms with Gasteiger partial charge in [-0.3, -0.25) is 4.57 Å². The number of rotatable bonds is 5. The number of hydrogen-bond acceptors (Lipinski definition) is 2. The number of hydrogen-bond donors (Lipinski definition) is 2. The number of halogens is 1. The van der Waals surface area contributed by atoms with Crippen LogP contribution in [0.2, 0.25) is 0 Å². The van der Waals surface area contributed by atoms with Crippen molar-refractivity contribution in [3.63, 3.8) is 0 Å². The summed E-state index contributed by atoms with van der Waals surface area (Å²) < 4.78 is 15.9. The van der Waals surface area contributed by atoms with E-state index in [1.165, 1.54) is 0 Å². The molecule has 0 aliphatic heterocycles. The lowest BCUT2D eigenvalue weighted by atomic mass is 10.2. The Bertz CT molecular complexity index is 174. The van der Waals surface area contributed by atoms with E-state index in [-0.39, 0.29) is 18.9 Å². The first kappa shape index (κ1) is 12.4. The highest BCUT2D eigenvalue weighted by Gasteiger charge is 2.44. The molecule has 2 N–H and O–H groups in total. The molecule has 0 heterocycles. The van der Waals surface area contributed by atoms with E-state index < -0.39 is 12.9 Å². The molecule has 0 aromatic rings. The first-order valence-corrected chi connectivity index (χ1v) is 5.83. The summed E-state index contributed by atoms with van der Waals surface area (Å²) in [6.45, 7) is 3.32. The van der Waals surface area contributed by atoms with E-state index in [0.717, 1.165) is 0 Å². The molecular weight excluding hydrogens is 202 g/mol. The van der Waals surface area contributed by atoms with Crippen molar-refractivity contribution in [3.05, 3.63) is 0 Å². The second-order valence-corrected chi connectivity index (χ2v) is 4.57. The van der Waals surface area contributed by atoms with Crippen LogP contribution in [0, 0.1) is 0 Å².